The van der Waals surface area contributed by atoms with Crippen molar-refractivity contribution in [2.75, 3.05) is 12.4 Å². The van der Waals surface area contributed by atoms with Crippen molar-refractivity contribution in [3.05, 3.63) is 18.2 Å². The van der Waals surface area contributed by atoms with Gasteiger partial charge in [0.25, 0.3) is 0 Å². The predicted molar refractivity (Wildman–Crippen MR) is 61.4 cm³/mol. The van der Waals surface area contributed by atoms with Crippen molar-refractivity contribution in [3.8, 4) is 0 Å². The van der Waals surface area contributed by atoms with Crippen molar-refractivity contribution >= 4 is 17.6 Å². The highest BCUT2D eigenvalue weighted by atomic mass is 32.2. The number of rotatable bonds is 3. The van der Waals surface area contributed by atoms with E-state index in [1.165, 1.54) is 11.8 Å². The number of hydrogen-bond donors (Lipinski definition) is 1. The molecule has 2 aromatic rings. The van der Waals surface area contributed by atoms with E-state index in [2.05, 4.69) is 25.5 Å². The molecule has 0 radical (unpaired) electrons. The maximum Gasteiger partial charge on any atom is 0.197 e. The Labute approximate surface area is 97.5 Å². The fourth-order valence-corrected chi connectivity index (χ4v) is 1.88. The molecule has 2 aromatic heterocycles. The molecule has 0 bridgehead atoms. The van der Waals surface area contributed by atoms with Crippen molar-refractivity contribution in [1.82, 2.24) is 24.7 Å². The summed E-state index contributed by atoms with van der Waals surface area (Å²) in [5, 5.41) is 12.6. The number of nitrogens with zero attached hydrogens (tertiary/aromatic N) is 5. The molecule has 0 atom stereocenters. The molecule has 0 saturated carbocycles. The van der Waals surface area contributed by atoms with E-state index in [0.29, 0.717) is 0 Å². The van der Waals surface area contributed by atoms with E-state index in [4.69, 9.17) is 0 Å². The highest BCUT2D eigenvalue weighted by molar-refractivity contribution is 7.99. The molecule has 84 valence electrons. The molecular formula is C9H12N6S. The summed E-state index contributed by atoms with van der Waals surface area (Å²) < 4.78 is 1.92. The highest BCUT2D eigenvalue weighted by Gasteiger charge is 2.08. The molecule has 2 heterocycles. The van der Waals surface area contributed by atoms with Crippen LogP contribution in [0, 0.1) is 6.92 Å². The molecule has 7 heteroatoms. The van der Waals surface area contributed by atoms with Crippen molar-refractivity contribution < 1.29 is 0 Å². The van der Waals surface area contributed by atoms with Gasteiger partial charge in [0, 0.05) is 14.1 Å². The minimum absolute atomic E-state index is 0.740. The first kappa shape index (κ1) is 10.9. The summed E-state index contributed by atoms with van der Waals surface area (Å²) in [5.74, 6) is 1.61. The fraction of sp³-hybridized carbons (Fsp3) is 0.333. The summed E-state index contributed by atoms with van der Waals surface area (Å²) in [6, 6.07) is 0. The Bertz CT molecular complexity index is 494. The van der Waals surface area contributed by atoms with Gasteiger partial charge in [-0.1, -0.05) is 0 Å². The molecule has 0 spiro atoms. The summed E-state index contributed by atoms with van der Waals surface area (Å²) >= 11 is 1.44. The molecule has 0 aliphatic rings. The third kappa shape index (κ3) is 2.13. The van der Waals surface area contributed by atoms with Crippen LogP contribution >= 0.6 is 11.8 Å². The lowest BCUT2D eigenvalue weighted by Crippen LogP contribution is -1.96. The summed E-state index contributed by atoms with van der Waals surface area (Å²) in [6.07, 6.45) is 3.38. The molecular weight excluding hydrogens is 224 g/mol. The van der Waals surface area contributed by atoms with Gasteiger partial charge in [-0.05, 0) is 18.7 Å². The minimum atomic E-state index is 0.740. The van der Waals surface area contributed by atoms with Gasteiger partial charge in [-0.2, -0.15) is 0 Å². The molecule has 16 heavy (non-hydrogen) atoms. The second-order valence-electron chi connectivity index (χ2n) is 3.18. The third-order valence-corrected chi connectivity index (χ3v) is 3.06. The van der Waals surface area contributed by atoms with E-state index in [-0.39, 0.29) is 0 Å². The van der Waals surface area contributed by atoms with Gasteiger partial charge in [0.2, 0.25) is 0 Å². The Kier molecular flexibility index (Phi) is 3.04. The van der Waals surface area contributed by atoms with Gasteiger partial charge in [-0.3, -0.25) is 4.98 Å². The zero-order valence-electron chi connectivity index (χ0n) is 9.30. The lowest BCUT2D eigenvalue weighted by molar-refractivity contribution is 0.764. The molecule has 0 saturated heterocycles. The first-order valence-electron chi connectivity index (χ1n) is 4.74. The Balaban J connectivity index is 2.23. The summed E-state index contributed by atoms with van der Waals surface area (Å²) in [7, 11) is 3.73. The molecule has 0 fully saturated rings. The van der Waals surface area contributed by atoms with Crippen LogP contribution in [-0.2, 0) is 7.05 Å². The van der Waals surface area contributed by atoms with Gasteiger partial charge >= 0.3 is 0 Å². The van der Waals surface area contributed by atoms with E-state index in [1.54, 1.807) is 12.4 Å². The van der Waals surface area contributed by atoms with E-state index >= 15 is 0 Å². The summed E-state index contributed by atoms with van der Waals surface area (Å²) in [5.41, 5.74) is 0. The number of aromatic nitrogens is 5. The standard InChI is InChI=1S/C9H12N6S/c1-6-13-14-9(15(6)3)16-8-5-11-4-7(10-2)12-8/h4-5H,1-3H3,(H,10,12). The fourth-order valence-electron chi connectivity index (χ4n) is 1.09. The molecule has 6 nitrogen and oxygen atoms in total. The van der Waals surface area contributed by atoms with Gasteiger partial charge in [0.05, 0.1) is 12.4 Å². The topological polar surface area (TPSA) is 68.5 Å². The van der Waals surface area contributed by atoms with Gasteiger partial charge in [0.15, 0.2) is 5.16 Å². The van der Waals surface area contributed by atoms with Gasteiger partial charge < -0.3 is 9.88 Å². The first-order valence-corrected chi connectivity index (χ1v) is 5.56. The largest absolute Gasteiger partial charge is 0.372 e. The average molecular weight is 236 g/mol. The second kappa shape index (κ2) is 4.48. The second-order valence-corrected chi connectivity index (χ2v) is 4.17. The van der Waals surface area contributed by atoms with E-state index in [9.17, 15) is 0 Å². The van der Waals surface area contributed by atoms with E-state index < -0.39 is 0 Å². The van der Waals surface area contributed by atoms with E-state index in [1.807, 2.05) is 25.6 Å². The van der Waals surface area contributed by atoms with Gasteiger partial charge in [-0.25, -0.2) is 4.98 Å². The maximum absolute atomic E-state index is 4.35. The van der Waals surface area contributed by atoms with Gasteiger partial charge in [-0.15, -0.1) is 10.2 Å². The monoisotopic (exact) mass is 236 g/mol. The Morgan fingerprint density at radius 2 is 2.12 bits per heavy atom. The van der Waals surface area contributed by atoms with Crippen LogP contribution in [0.1, 0.15) is 5.82 Å². The number of aryl methyl sites for hydroxylation is 1. The van der Waals surface area contributed by atoms with Crippen molar-refractivity contribution in [2.45, 2.75) is 17.1 Å². The Morgan fingerprint density at radius 1 is 1.31 bits per heavy atom. The van der Waals surface area contributed by atoms with Crippen LogP contribution < -0.4 is 5.32 Å². The van der Waals surface area contributed by atoms with Crippen molar-refractivity contribution in [1.29, 1.82) is 0 Å². The van der Waals surface area contributed by atoms with Crippen LogP contribution in [0.5, 0.6) is 0 Å². The first-order chi connectivity index (χ1) is 7.70. The van der Waals surface area contributed by atoms with Crippen LogP contribution in [0.4, 0.5) is 5.82 Å². The molecule has 2 rings (SSSR count). The normalized spacial score (nSPS) is 10.4. The van der Waals surface area contributed by atoms with E-state index in [0.717, 1.165) is 21.8 Å². The van der Waals surface area contributed by atoms with Crippen LogP contribution in [-0.4, -0.2) is 31.8 Å². The summed E-state index contributed by atoms with van der Waals surface area (Å²) in [4.78, 5) is 8.43. The number of nitrogens with one attached hydrogen (secondary N) is 1. The Hall–Kier alpha value is -1.63. The number of hydrogen-bond acceptors (Lipinski definition) is 6. The van der Waals surface area contributed by atoms with Gasteiger partial charge in [0.1, 0.15) is 16.7 Å². The van der Waals surface area contributed by atoms with Crippen LogP contribution in [0.2, 0.25) is 0 Å². The SMILES string of the molecule is CNc1cncc(Sc2nnc(C)n2C)n1. The molecule has 1 N–H and O–H groups in total. The Morgan fingerprint density at radius 3 is 2.75 bits per heavy atom. The van der Waals surface area contributed by atoms with Crippen LogP contribution in [0.25, 0.3) is 0 Å². The highest BCUT2D eigenvalue weighted by Crippen LogP contribution is 2.24. The molecule has 0 aliphatic carbocycles. The zero-order chi connectivity index (χ0) is 11.5. The van der Waals surface area contributed by atoms with Crippen LogP contribution in [0.15, 0.2) is 22.6 Å². The smallest absolute Gasteiger partial charge is 0.197 e. The quantitative estimate of drug-likeness (QED) is 0.861. The lowest BCUT2D eigenvalue weighted by Gasteiger charge is -2.02. The lowest BCUT2D eigenvalue weighted by atomic mass is 10.7. The third-order valence-electron chi connectivity index (χ3n) is 2.12. The molecule has 0 aliphatic heterocycles. The molecule has 0 unspecified atom stereocenters. The maximum atomic E-state index is 4.35. The average Bonchev–Trinajstić information content (AvgIpc) is 2.61. The van der Waals surface area contributed by atoms with Crippen molar-refractivity contribution in [3.63, 3.8) is 0 Å². The minimum Gasteiger partial charge on any atom is -0.372 e. The van der Waals surface area contributed by atoms with Crippen LogP contribution in [0.3, 0.4) is 0 Å². The van der Waals surface area contributed by atoms with Crippen molar-refractivity contribution in [2.24, 2.45) is 7.05 Å². The number of anilines is 1. The zero-order valence-corrected chi connectivity index (χ0v) is 10.1. The summed E-state index contributed by atoms with van der Waals surface area (Å²) in [6.45, 7) is 1.91. The molecule has 0 amide bonds. The molecule has 0 aromatic carbocycles. The predicted octanol–water partition coefficient (Wildman–Crippen LogP) is 1.11.